The number of carbonyl (C=O) groups is 1. The van der Waals surface area contributed by atoms with Crippen molar-refractivity contribution in [2.45, 2.75) is 13.5 Å². The van der Waals surface area contributed by atoms with Gasteiger partial charge in [0.1, 0.15) is 5.82 Å². The molecule has 2 amide bonds. The van der Waals surface area contributed by atoms with Gasteiger partial charge in [0.2, 0.25) is 0 Å². The standard InChI is InChI=1S/C17H18N6O/c1-2-19-17(24)23-16-7-14-13(12-5-6-21-22-9-12)4-3-11(8-18)15(14)10-20-16/h3-7,9-10H,2,8,18H2,1H3,(H2,19,20,23,24). The molecule has 4 N–H and O–H groups in total. The number of hydrogen-bond donors (Lipinski definition) is 3. The van der Waals surface area contributed by atoms with E-state index in [2.05, 4.69) is 25.8 Å². The molecule has 0 unspecified atom stereocenters. The van der Waals surface area contributed by atoms with Crippen LogP contribution in [0.4, 0.5) is 10.6 Å². The molecule has 3 rings (SSSR count). The van der Waals surface area contributed by atoms with E-state index >= 15 is 0 Å². The van der Waals surface area contributed by atoms with Gasteiger partial charge in [-0.3, -0.25) is 5.32 Å². The summed E-state index contributed by atoms with van der Waals surface area (Å²) in [6.07, 6.45) is 5.08. The van der Waals surface area contributed by atoms with Gasteiger partial charge in [0.15, 0.2) is 0 Å². The number of pyridine rings is 1. The summed E-state index contributed by atoms with van der Waals surface area (Å²) in [6, 6.07) is 7.43. The third-order valence-electron chi connectivity index (χ3n) is 3.69. The van der Waals surface area contributed by atoms with Crippen LogP contribution in [0.25, 0.3) is 21.9 Å². The number of aromatic nitrogens is 3. The second-order valence-corrected chi connectivity index (χ2v) is 5.21. The first-order chi connectivity index (χ1) is 11.7. The van der Waals surface area contributed by atoms with Gasteiger partial charge in [-0.05, 0) is 35.6 Å². The molecule has 2 heterocycles. The number of nitrogens with two attached hydrogens (primary N) is 1. The van der Waals surface area contributed by atoms with E-state index in [1.807, 2.05) is 31.2 Å². The van der Waals surface area contributed by atoms with Crippen molar-refractivity contribution >= 4 is 22.6 Å². The van der Waals surface area contributed by atoms with Crippen molar-refractivity contribution in [3.05, 3.63) is 48.4 Å². The summed E-state index contributed by atoms with van der Waals surface area (Å²) >= 11 is 0. The minimum Gasteiger partial charge on any atom is -0.338 e. The number of nitrogens with zero attached hydrogens (tertiary/aromatic N) is 3. The van der Waals surface area contributed by atoms with E-state index in [1.54, 1.807) is 18.6 Å². The second kappa shape index (κ2) is 7.01. The quantitative estimate of drug-likeness (QED) is 0.683. The van der Waals surface area contributed by atoms with Gasteiger partial charge >= 0.3 is 6.03 Å². The smallest absolute Gasteiger partial charge is 0.320 e. The van der Waals surface area contributed by atoms with Crippen LogP contribution in [0.3, 0.4) is 0 Å². The van der Waals surface area contributed by atoms with Crippen molar-refractivity contribution in [2.75, 3.05) is 11.9 Å². The van der Waals surface area contributed by atoms with Gasteiger partial charge in [0.25, 0.3) is 0 Å². The summed E-state index contributed by atoms with van der Waals surface area (Å²) in [4.78, 5) is 16.0. The number of amides is 2. The van der Waals surface area contributed by atoms with Crippen molar-refractivity contribution < 1.29 is 4.79 Å². The summed E-state index contributed by atoms with van der Waals surface area (Å²) in [5, 5.41) is 15.1. The fraction of sp³-hybridized carbons (Fsp3) is 0.176. The van der Waals surface area contributed by atoms with Gasteiger partial charge in [-0.15, -0.1) is 0 Å². The molecule has 3 aromatic rings. The van der Waals surface area contributed by atoms with Crippen LogP contribution in [0.5, 0.6) is 0 Å². The Labute approximate surface area is 139 Å². The first-order valence-corrected chi connectivity index (χ1v) is 7.66. The molecule has 7 heteroatoms. The Morgan fingerprint density at radius 2 is 2.04 bits per heavy atom. The van der Waals surface area contributed by atoms with Crippen molar-refractivity contribution in [2.24, 2.45) is 5.73 Å². The van der Waals surface area contributed by atoms with E-state index in [4.69, 9.17) is 5.73 Å². The van der Waals surface area contributed by atoms with Crippen molar-refractivity contribution in [3.8, 4) is 11.1 Å². The SMILES string of the molecule is CCNC(=O)Nc1cc2c(-c3ccnnc3)ccc(CN)c2cn1. The fourth-order valence-electron chi connectivity index (χ4n) is 2.57. The van der Waals surface area contributed by atoms with Gasteiger partial charge in [0.05, 0.1) is 12.4 Å². The number of benzene rings is 1. The highest BCUT2D eigenvalue weighted by Crippen LogP contribution is 2.31. The maximum absolute atomic E-state index is 11.7. The molecular weight excluding hydrogens is 304 g/mol. The van der Waals surface area contributed by atoms with Crippen LogP contribution < -0.4 is 16.4 Å². The Hall–Kier alpha value is -3.06. The van der Waals surface area contributed by atoms with Gasteiger partial charge in [-0.2, -0.15) is 10.2 Å². The minimum absolute atomic E-state index is 0.286. The van der Waals surface area contributed by atoms with E-state index in [-0.39, 0.29) is 6.03 Å². The van der Waals surface area contributed by atoms with Crippen LogP contribution >= 0.6 is 0 Å². The molecule has 0 radical (unpaired) electrons. The highest BCUT2D eigenvalue weighted by atomic mass is 16.2. The van der Waals surface area contributed by atoms with Crippen LogP contribution in [0.2, 0.25) is 0 Å². The Morgan fingerprint density at radius 3 is 2.75 bits per heavy atom. The lowest BCUT2D eigenvalue weighted by Gasteiger charge is -2.12. The van der Waals surface area contributed by atoms with Gasteiger partial charge < -0.3 is 11.1 Å². The Balaban J connectivity index is 2.12. The molecule has 0 saturated heterocycles. The minimum atomic E-state index is -0.286. The summed E-state index contributed by atoms with van der Waals surface area (Å²) in [5.41, 5.74) is 8.75. The predicted octanol–water partition coefficient (Wildman–Crippen LogP) is 2.29. The van der Waals surface area contributed by atoms with Gasteiger partial charge in [-0.1, -0.05) is 12.1 Å². The highest BCUT2D eigenvalue weighted by Gasteiger charge is 2.10. The molecule has 122 valence electrons. The number of fused-ring (bicyclic) bond motifs is 1. The Kier molecular flexibility index (Phi) is 4.62. The fourth-order valence-corrected chi connectivity index (χ4v) is 2.57. The first-order valence-electron chi connectivity index (χ1n) is 7.66. The predicted molar refractivity (Wildman–Crippen MR) is 93.4 cm³/mol. The molecule has 1 aromatic carbocycles. The van der Waals surface area contributed by atoms with E-state index in [9.17, 15) is 4.79 Å². The molecule has 0 saturated carbocycles. The number of hydrogen-bond acceptors (Lipinski definition) is 5. The number of rotatable bonds is 4. The average Bonchev–Trinajstić information content (AvgIpc) is 2.61. The van der Waals surface area contributed by atoms with Crippen molar-refractivity contribution in [3.63, 3.8) is 0 Å². The molecular formula is C17H18N6O. The van der Waals surface area contributed by atoms with Crippen LogP contribution in [-0.2, 0) is 6.54 Å². The molecule has 0 aliphatic rings. The number of carbonyl (C=O) groups excluding carboxylic acids is 1. The first kappa shape index (κ1) is 15.8. The lowest BCUT2D eigenvalue weighted by Crippen LogP contribution is -2.28. The largest absolute Gasteiger partial charge is 0.338 e. The van der Waals surface area contributed by atoms with Crippen LogP contribution in [-0.4, -0.2) is 27.8 Å². The third-order valence-corrected chi connectivity index (χ3v) is 3.69. The summed E-state index contributed by atoms with van der Waals surface area (Å²) in [6.45, 7) is 2.82. The van der Waals surface area contributed by atoms with Gasteiger partial charge in [0, 0.05) is 30.2 Å². The molecule has 0 fully saturated rings. The van der Waals surface area contributed by atoms with Crippen molar-refractivity contribution in [1.29, 1.82) is 0 Å². The molecule has 2 aromatic heterocycles. The Morgan fingerprint density at radius 1 is 1.17 bits per heavy atom. The average molecular weight is 322 g/mol. The summed E-state index contributed by atoms with van der Waals surface area (Å²) in [5.74, 6) is 0.478. The highest BCUT2D eigenvalue weighted by molar-refractivity contribution is 6.00. The van der Waals surface area contributed by atoms with Crippen LogP contribution in [0.1, 0.15) is 12.5 Å². The van der Waals surface area contributed by atoms with E-state index in [1.165, 1.54) is 0 Å². The van der Waals surface area contributed by atoms with E-state index in [0.717, 1.165) is 27.5 Å². The third kappa shape index (κ3) is 3.16. The molecule has 7 nitrogen and oxygen atoms in total. The van der Waals surface area contributed by atoms with Gasteiger partial charge in [-0.25, -0.2) is 9.78 Å². The monoisotopic (exact) mass is 322 g/mol. The molecule has 0 spiro atoms. The van der Waals surface area contributed by atoms with Crippen LogP contribution in [0, 0.1) is 0 Å². The zero-order valence-corrected chi connectivity index (χ0v) is 13.3. The van der Waals surface area contributed by atoms with Crippen LogP contribution in [0.15, 0.2) is 42.9 Å². The lowest BCUT2D eigenvalue weighted by atomic mass is 9.97. The molecule has 0 aliphatic carbocycles. The maximum Gasteiger partial charge on any atom is 0.320 e. The zero-order chi connectivity index (χ0) is 16.9. The molecule has 0 atom stereocenters. The van der Waals surface area contributed by atoms with E-state index < -0.39 is 0 Å². The van der Waals surface area contributed by atoms with E-state index in [0.29, 0.717) is 18.9 Å². The molecule has 0 bridgehead atoms. The molecule has 24 heavy (non-hydrogen) atoms. The zero-order valence-electron chi connectivity index (χ0n) is 13.3. The number of nitrogens with one attached hydrogen (secondary N) is 2. The summed E-state index contributed by atoms with van der Waals surface area (Å²) < 4.78 is 0. The normalized spacial score (nSPS) is 10.6. The lowest BCUT2D eigenvalue weighted by molar-refractivity contribution is 0.252. The second-order valence-electron chi connectivity index (χ2n) is 5.21. The van der Waals surface area contributed by atoms with Crippen molar-refractivity contribution in [1.82, 2.24) is 20.5 Å². The number of urea groups is 1. The molecule has 0 aliphatic heterocycles. The maximum atomic E-state index is 11.7. The Bertz CT molecular complexity index is 866. The summed E-state index contributed by atoms with van der Waals surface area (Å²) in [7, 11) is 0. The topological polar surface area (TPSA) is 106 Å². The number of anilines is 1.